The van der Waals surface area contributed by atoms with E-state index in [1.54, 1.807) is 0 Å². The highest BCUT2D eigenvalue weighted by Crippen LogP contribution is 2.24. The molecule has 36 heavy (non-hydrogen) atoms. The van der Waals surface area contributed by atoms with Gasteiger partial charge in [0, 0.05) is 47.5 Å². The number of halogens is 1. The Morgan fingerprint density at radius 3 is 2.44 bits per heavy atom. The van der Waals surface area contributed by atoms with Gasteiger partial charge in [-0.05, 0) is 66.6 Å². The van der Waals surface area contributed by atoms with Crippen LogP contribution in [-0.4, -0.2) is 51.7 Å². The number of hydrogen-bond donors (Lipinski definition) is 3. The van der Waals surface area contributed by atoms with Crippen molar-refractivity contribution in [2.45, 2.75) is 50.6 Å². The van der Waals surface area contributed by atoms with Crippen molar-refractivity contribution in [3.8, 4) is 0 Å². The van der Waals surface area contributed by atoms with Gasteiger partial charge in [-0.2, -0.15) is 4.98 Å². The Hall–Kier alpha value is -2.56. The van der Waals surface area contributed by atoms with Crippen LogP contribution < -0.4 is 15.4 Å². The number of carbonyl (C=O) groups excluding carboxylic acids is 1. The lowest BCUT2D eigenvalue weighted by Gasteiger charge is -2.38. The quantitative estimate of drug-likeness (QED) is 0.304. The largest absolute Gasteiger partial charge is 0.368 e. The van der Waals surface area contributed by atoms with Gasteiger partial charge in [0.15, 0.2) is 0 Å². The fourth-order valence-corrected chi connectivity index (χ4v) is 5.27. The van der Waals surface area contributed by atoms with Crippen LogP contribution in [0, 0.1) is 5.92 Å². The second kappa shape index (κ2) is 12.6. The number of carbonyl (C=O) groups is 1. The molecule has 0 atom stereocenters. The topological polar surface area (TPSA) is 103 Å². The normalized spacial score (nSPS) is 14.5. The molecule has 192 valence electrons. The van der Waals surface area contributed by atoms with Crippen LogP contribution in [0.4, 0.5) is 11.9 Å². The van der Waals surface area contributed by atoms with E-state index >= 15 is 0 Å². The number of H-pyrrole nitrogens is 1. The van der Waals surface area contributed by atoms with Gasteiger partial charge in [-0.3, -0.25) is 14.4 Å². The first-order valence-electron chi connectivity index (χ1n) is 12.3. The Balaban J connectivity index is 1.39. The average Bonchev–Trinajstić information content (AvgIpc) is 3.33. The summed E-state index contributed by atoms with van der Waals surface area (Å²) in [6, 6.07) is 17.6. The number of nitrogens with one attached hydrogen (secondary N) is 2. The summed E-state index contributed by atoms with van der Waals surface area (Å²) < 4.78 is 4.01. The molecule has 8 nitrogen and oxygen atoms in total. The van der Waals surface area contributed by atoms with Crippen molar-refractivity contribution in [2.75, 3.05) is 30.3 Å². The second-order valence-corrected chi connectivity index (χ2v) is 11.2. The Labute approximate surface area is 225 Å². The smallest absolute Gasteiger partial charge is 0.246 e. The van der Waals surface area contributed by atoms with E-state index in [4.69, 9.17) is 5.73 Å². The van der Waals surface area contributed by atoms with E-state index in [9.17, 15) is 4.79 Å². The van der Waals surface area contributed by atoms with Crippen LogP contribution in [-0.2, 0) is 17.8 Å². The van der Waals surface area contributed by atoms with Crippen LogP contribution in [0.15, 0.2) is 57.9 Å². The zero-order valence-electron chi connectivity index (χ0n) is 20.8. The highest BCUT2D eigenvalue weighted by molar-refractivity contribution is 9.10. The molecular weight excluding hydrogens is 538 g/mol. The van der Waals surface area contributed by atoms with Crippen molar-refractivity contribution < 1.29 is 4.79 Å². The summed E-state index contributed by atoms with van der Waals surface area (Å²) in [6.07, 6.45) is 3.09. The molecule has 3 aromatic rings. The molecule has 1 aromatic heterocycles. The number of nitrogens with two attached hydrogens (primary N) is 1. The van der Waals surface area contributed by atoms with Crippen molar-refractivity contribution in [1.82, 2.24) is 24.8 Å². The van der Waals surface area contributed by atoms with E-state index in [1.165, 1.54) is 23.1 Å². The van der Waals surface area contributed by atoms with Crippen molar-refractivity contribution in [1.29, 1.82) is 0 Å². The van der Waals surface area contributed by atoms with E-state index in [1.807, 2.05) is 13.8 Å². The molecule has 0 radical (unpaired) electrons. The zero-order valence-corrected chi connectivity index (χ0v) is 23.2. The summed E-state index contributed by atoms with van der Waals surface area (Å²) in [5.41, 5.74) is 8.33. The van der Waals surface area contributed by atoms with Gasteiger partial charge >= 0.3 is 0 Å². The van der Waals surface area contributed by atoms with Crippen LogP contribution >= 0.6 is 27.9 Å². The number of benzene rings is 2. The maximum atomic E-state index is 11.9. The fourth-order valence-electron chi connectivity index (χ4n) is 4.28. The lowest BCUT2D eigenvalue weighted by atomic mass is 10.0. The van der Waals surface area contributed by atoms with Gasteiger partial charge in [0.25, 0.3) is 0 Å². The summed E-state index contributed by atoms with van der Waals surface area (Å²) in [6.45, 7) is 7.48. The van der Waals surface area contributed by atoms with Crippen LogP contribution in [0.25, 0.3) is 0 Å². The third-order valence-electron chi connectivity index (χ3n) is 6.46. The van der Waals surface area contributed by atoms with E-state index in [0.29, 0.717) is 17.9 Å². The summed E-state index contributed by atoms with van der Waals surface area (Å²) in [5.74, 6) is 1.06. The van der Waals surface area contributed by atoms with E-state index in [-0.39, 0.29) is 11.8 Å². The minimum Gasteiger partial charge on any atom is -0.368 e. The number of nitrogens with zero attached hydrogens (tertiary/aromatic N) is 4. The van der Waals surface area contributed by atoms with Gasteiger partial charge in [-0.25, -0.2) is 5.10 Å². The van der Waals surface area contributed by atoms with E-state index < -0.39 is 0 Å². The molecule has 10 heteroatoms. The molecule has 0 spiro atoms. The Bertz CT molecular complexity index is 1110. The van der Waals surface area contributed by atoms with Crippen molar-refractivity contribution in [3.05, 3.63) is 64.1 Å². The predicted molar refractivity (Wildman–Crippen MR) is 150 cm³/mol. The van der Waals surface area contributed by atoms with Crippen LogP contribution in [0.3, 0.4) is 0 Å². The summed E-state index contributed by atoms with van der Waals surface area (Å²) >= 11 is 4.91. The molecule has 1 saturated heterocycles. The van der Waals surface area contributed by atoms with Gasteiger partial charge in [0.1, 0.15) is 0 Å². The number of piperidine rings is 1. The van der Waals surface area contributed by atoms with Gasteiger partial charge < -0.3 is 10.6 Å². The Kier molecular flexibility index (Phi) is 9.28. The first-order chi connectivity index (χ1) is 17.4. The first-order valence-corrected chi connectivity index (χ1v) is 14.0. The summed E-state index contributed by atoms with van der Waals surface area (Å²) in [5, 5.41) is 6.96. The third kappa shape index (κ3) is 7.47. The van der Waals surface area contributed by atoms with Crippen molar-refractivity contribution in [3.63, 3.8) is 0 Å². The van der Waals surface area contributed by atoms with Gasteiger partial charge in [-0.1, -0.05) is 54.0 Å². The maximum absolute atomic E-state index is 11.9. The predicted octanol–water partition coefficient (Wildman–Crippen LogP) is 4.64. The molecule has 0 bridgehead atoms. The molecule has 2 heterocycles. The fraction of sp³-hybridized carbons (Fsp3) is 0.423. The lowest BCUT2D eigenvalue weighted by Crippen LogP contribution is -2.45. The van der Waals surface area contributed by atoms with Crippen LogP contribution in [0.2, 0.25) is 0 Å². The maximum Gasteiger partial charge on any atom is 0.246 e. The summed E-state index contributed by atoms with van der Waals surface area (Å²) in [4.78, 5) is 22.0. The molecule has 0 aliphatic carbocycles. The van der Waals surface area contributed by atoms with Gasteiger partial charge in [0.05, 0.1) is 0 Å². The SMILES string of the molecule is CC(C)C(=O)NSc1ccc(CN(CCc2ccc(Br)cc2)C2CCN(c3n[nH]c(N)n3)CC2)cc1. The van der Waals surface area contributed by atoms with Crippen LogP contribution in [0.5, 0.6) is 0 Å². The number of aromatic nitrogens is 3. The minimum atomic E-state index is -0.0244. The molecule has 4 N–H and O–H groups in total. The number of hydrogen-bond acceptors (Lipinski definition) is 7. The Morgan fingerprint density at radius 2 is 1.83 bits per heavy atom. The number of anilines is 2. The molecule has 0 unspecified atom stereocenters. The molecule has 0 saturated carbocycles. The first kappa shape index (κ1) is 26.5. The van der Waals surface area contributed by atoms with Crippen LogP contribution in [0.1, 0.15) is 37.8 Å². The Morgan fingerprint density at radius 1 is 1.17 bits per heavy atom. The van der Waals surface area contributed by atoms with Gasteiger partial charge in [0.2, 0.25) is 17.8 Å². The zero-order chi connectivity index (χ0) is 25.5. The monoisotopic (exact) mass is 571 g/mol. The van der Waals surface area contributed by atoms with E-state index in [0.717, 1.165) is 54.8 Å². The molecule has 1 amide bonds. The van der Waals surface area contributed by atoms with Gasteiger partial charge in [-0.15, -0.1) is 5.10 Å². The standard InChI is InChI=1S/C26H34BrN7OS/c1-18(2)24(35)32-36-23-9-5-20(6-10-23)17-34(14-11-19-3-7-21(27)8-4-19)22-12-15-33(16-13-22)26-29-25(28)30-31-26/h3-10,18,22H,11-17H2,1-2H3,(H,32,35)(H3,28,29,30,31). The number of amides is 1. The molecular formula is C26H34BrN7OS. The highest BCUT2D eigenvalue weighted by Gasteiger charge is 2.26. The minimum absolute atomic E-state index is 0.0244. The number of rotatable bonds is 10. The summed E-state index contributed by atoms with van der Waals surface area (Å²) in [7, 11) is 0. The molecule has 2 aromatic carbocycles. The highest BCUT2D eigenvalue weighted by atomic mass is 79.9. The van der Waals surface area contributed by atoms with Crippen molar-refractivity contribution in [2.24, 2.45) is 5.92 Å². The second-order valence-electron chi connectivity index (χ2n) is 9.45. The number of aromatic amines is 1. The van der Waals surface area contributed by atoms with Crippen molar-refractivity contribution >= 4 is 45.7 Å². The lowest BCUT2D eigenvalue weighted by molar-refractivity contribution is -0.122. The molecule has 1 fully saturated rings. The van der Waals surface area contributed by atoms with E-state index in [2.05, 4.69) is 94.2 Å². The average molecular weight is 573 g/mol. The molecule has 1 aliphatic rings. The number of nitrogen functional groups attached to an aromatic ring is 1. The third-order valence-corrected chi connectivity index (χ3v) is 7.80. The molecule has 1 aliphatic heterocycles. The molecule has 4 rings (SSSR count).